The molecular formula is C17H21ClF3N5O. The Morgan fingerprint density at radius 3 is 2.63 bits per heavy atom. The fourth-order valence-electron chi connectivity index (χ4n) is 3.12. The molecule has 0 aromatic carbocycles. The predicted molar refractivity (Wildman–Crippen MR) is 93.4 cm³/mol. The Balaban J connectivity index is 1.85. The monoisotopic (exact) mass is 403 g/mol. The Bertz CT molecular complexity index is 840. The summed E-state index contributed by atoms with van der Waals surface area (Å²) in [5.74, 6) is -0.517. The molecule has 3 rings (SSSR count). The van der Waals surface area contributed by atoms with Crippen molar-refractivity contribution in [2.75, 3.05) is 0 Å². The van der Waals surface area contributed by atoms with Gasteiger partial charge in [0.1, 0.15) is 6.04 Å². The minimum absolute atomic E-state index is 0.0877. The molecule has 1 amide bonds. The first-order valence-corrected chi connectivity index (χ1v) is 9.20. The van der Waals surface area contributed by atoms with Crippen LogP contribution >= 0.6 is 11.6 Å². The molecule has 2 unspecified atom stereocenters. The molecule has 1 N–H and O–H groups in total. The van der Waals surface area contributed by atoms with Gasteiger partial charge in [-0.1, -0.05) is 11.6 Å². The van der Waals surface area contributed by atoms with Gasteiger partial charge in [0.15, 0.2) is 5.69 Å². The molecule has 1 saturated carbocycles. The van der Waals surface area contributed by atoms with Crippen LogP contribution in [0.4, 0.5) is 13.2 Å². The van der Waals surface area contributed by atoms with Crippen LogP contribution < -0.4 is 5.32 Å². The van der Waals surface area contributed by atoms with Gasteiger partial charge in [-0.05, 0) is 39.7 Å². The minimum Gasteiger partial charge on any atom is -0.346 e. The molecule has 10 heteroatoms. The third-order valence-corrected chi connectivity index (χ3v) is 5.09. The van der Waals surface area contributed by atoms with Gasteiger partial charge in [-0.2, -0.15) is 23.4 Å². The molecule has 0 aliphatic heterocycles. The normalized spacial score (nSPS) is 17.0. The Morgan fingerprint density at radius 2 is 2.07 bits per heavy atom. The first kappa shape index (κ1) is 19.7. The third kappa shape index (κ3) is 3.83. The van der Waals surface area contributed by atoms with E-state index in [9.17, 15) is 18.0 Å². The van der Waals surface area contributed by atoms with Crippen LogP contribution in [0.1, 0.15) is 68.7 Å². The smallest absolute Gasteiger partial charge is 0.346 e. The second-order valence-corrected chi connectivity index (χ2v) is 7.12. The van der Waals surface area contributed by atoms with E-state index in [4.69, 9.17) is 11.6 Å². The minimum atomic E-state index is -4.66. The van der Waals surface area contributed by atoms with Crippen molar-refractivity contribution in [3.8, 4) is 0 Å². The number of carbonyl (C=O) groups excluding carboxylic acids is 1. The number of hydrogen-bond acceptors (Lipinski definition) is 3. The first-order chi connectivity index (χ1) is 12.6. The topological polar surface area (TPSA) is 64.7 Å². The number of nitrogens with one attached hydrogen (secondary N) is 1. The van der Waals surface area contributed by atoms with E-state index < -0.39 is 28.8 Å². The summed E-state index contributed by atoms with van der Waals surface area (Å²) in [6.07, 6.45) is -1.55. The Labute approximate surface area is 159 Å². The summed E-state index contributed by atoms with van der Waals surface area (Å²) in [6, 6.07) is 0.524. The Morgan fingerprint density at radius 1 is 1.41 bits per heavy atom. The summed E-state index contributed by atoms with van der Waals surface area (Å²) in [6.45, 7) is 5.90. The van der Waals surface area contributed by atoms with Crippen LogP contribution in [-0.2, 0) is 17.5 Å². The van der Waals surface area contributed by atoms with Crippen molar-refractivity contribution in [1.82, 2.24) is 24.9 Å². The van der Waals surface area contributed by atoms with Crippen molar-refractivity contribution >= 4 is 17.5 Å². The lowest BCUT2D eigenvalue weighted by atomic mass is 10.2. The van der Waals surface area contributed by atoms with Crippen LogP contribution in [0, 0.1) is 0 Å². The van der Waals surface area contributed by atoms with Gasteiger partial charge in [-0.3, -0.25) is 14.2 Å². The number of hydrogen-bond donors (Lipinski definition) is 1. The second-order valence-electron chi connectivity index (χ2n) is 6.74. The van der Waals surface area contributed by atoms with Crippen LogP contribution in [0.2, 0.25) is 5.02 Å². The summed E-state index contributed by atoms with van der Waals surface area (Å²) in [4.78, 5) is 12.7. The van der Waals surface area contributed by atoms with Gasteiger partial charge in [0.05, 0.1) is 22.5 Å². The fraction of sp³-hybridized carbons (Fsp3) is 0.588. The summed E-state index contributed by atoms with van der Waals surface area (Å²) >= 11 is 5.98. The van der Waals surface area contributed by atoms with E-state index in [1.165, 1.54) is 6.92 Å². The number of carbonyl (C=O) groups is 1. The van der Waals surface area contributed by atoms with Crippen LogP contribution in [-0.4, -0.2) is 25.5 Å². The van der Waals surface area contributed by atoms with Gasteiger partial charge in [-0.15, -0.1) is 0 Å². The number of alkyl halides is 3. The summed E-state index contributed by atoms with van der Waals surface area (Å²) in [7, 11) is 0. The molecule has 0 bridgehead atoms. The van der Waals surface area contributed by atoms with Crippen molar-refractivity contribution in [1.29, 1.82) is 0 Å². The molecule has 2 aromatic rings. The average Bonchev–Trinajstić information content (AvgIpc) is 3.19. The van der Waals surface area contributed by atoms with E-state index in [2.05, 4.69) is 15.5 Å². The van der Waals surface area contributed by atoms with Crippen LogP contribution in [0.15, 0.2) is 12.3 Å². The first-order valence-electron chi connectivity index (χ1n) is 8.82. The van der Waals surface area contributed by atoms with E-state index in [-0.39, 0.29) is 17.7 Å². The van der Waals surface area contributed by atoms with E-state index in [0.29, 0.717) is 6.54 Å². The lowest BCUT2D eigenvalue weighted by Crippen LogP contribution is -2.35. The van der Waals surface area contributed by atoms with Gasteiger partial charge >= 0.3 is 6.18 Å². The molecule has 2 atom stereocenters. The zero-order valence-corrected chi connectivity index (χ0v) is 16.0. The van der Waals surface area contributed by atoms with E-state index in [1.807, 2.05) is 6.92 Å². The summed E-state index contributed by atoms with van der Waals surface area (Å²) in [5, 5.41) is 10.2. The zero-order chi connectivity index (χ0) is 19.9. The van der Waals surface area contributed by atoms with Crippen LogP contribution in [0.3, 0.4) is 0 Å². The number of nitrogens with zero attached hydrogens (tertiary/aromatic N) is 4. The van der Waals surface area contributed by atoms with Gasteiger partial charge in [0.25, 0.3) is 0 Å². The average molecular weight is 404 g/mol. The summed E-state index contributed by atoms with van der Waals surface area (Å²) in [5.41, 5.74) is -0.0318. The number of aryl methyl sites for hydroxylation is 1. The SMILES string of the molecule is CCn1nccc1C(C)NC(=O)C(C)n1nc(C(F)(F)F)c(Cl)c1C1CC1. The fourth-order valence-corrected chi connectivity index (χ4v) is 3.51. The highest BCUT2D eigenvalue weighted by Crippen LogP contribution is 2.47. The molecule has 2 heterocycles. The van der Waals surface area contributed by atoms with Crippen molar-refractivity contribution in [2.45, 2.75) is 64.3 Å². The van der Waals surface area contributed by atoms with Crippen molar-refractivity contribution in [3.05, 3.63) is 34.4 Å². The van der Waals surface area contributed by atoms with Gasteiger partial charge in [0.2, 0.25) is 5.91 Å². The maximum absolute atomic E-state index is 13.2. The lowest BCUT2D eigenvalue weighted by molar-refractivity contribution is -0.141. The van der Waals surface area contributed by atoms with Crippen LogP contribution in [0.25, 0.3) is 0 Å². The molecule has 0 spiro atoms. The molecule has 2 aromatic heterocycles. The number of amides is 1. The molecule has 0 radical (unpaired) electrons. The second kappa shape index (κ2) is 7.18. The Hall–Kier alpha value is -2.03. The molecular weight excluding hydrogens is 383 g/mol. The van der Waals surface area contributed by atoms with Crippen molar-refractivity contribution < 1.29 is 18.0 Å². The molecule has 1 aliphatic carbocycles. The number of halogens is 4. The molecule has 6 nitrogen and oxygen atoms in total. The van der Waals surface area contributed by atoms with Crippen molar-refractivity contribution in [3.63, 3.8) is 0 Å². The largest absolute Gasteiger partial charge is 0.436 e. The molecule has 0 saturated heterocycles. The predicted octanol–water partition coefficient (Wildman–Crippen LogP) is 4.09. The van der Waals surface area contributed by atoms with Crippen molar-refractivity contribution in [2.24, 2.45) is 0 Å². The number of rotatable bonds is 6. The van der Waals surface area contributed by atoms with Crippen LogP contribution in [0.5, 0.6) is 0 Å². The van der Waals surface area contributed by atoms with E-state index in [1.54, 1.807) is 23.9 Å². The molecule has 1 aliphatic rings. The van der Waals surface area contributed by atoms with E-state index >= 15 is 0 Å². The third-order valence-electron chi connectivity index (χ3n) is 4.72. The maximum atomic E-state index is 13.2. The zero-order valence-electron chi connectivity index (χ0n) is 15.2. The quantitative estimate of drug-likeness (QED) is 0.790. The summed E-state index contributed by atoms with van der Waals surface area (Å²) < 4.78 is 42.5. The van der Waals surface area contributed by atoms with Gasteiger partial charge in [0, 0.05) is 18.7 Å². The standard InChI is InChI=1S/C17H21ClF3N5O/c1-4-25-12(7-8-22-25)9(2)23-16(27)10(3)26-14(11-5-6-11)13(18)15(24-26)17(19,20)21/h7-11H,4-6H2,1-3H3,(H,23,27). The maximum Gasteiger partial charge on any atom is 0.436 e. The van der Waals surface area contributed by atoms with Gasteiger partial charge < -0.3 is 5.32 Å². The molecule has 148 valence electrons. The number of aromatic nitrogens is 4. The Kier molecular flexibility index (Phi) is 5.24. The highest BCUT2D eigenvalue weighted by Gasteiger charge is 2.43. The lowest BCUT2D eigenvalue weighted by Gasteiger charge is -2.20. The molecule has 27 heavy (non-hydrogen) atoms. The highest BCUT2D eigenvalue weighted by atomic mass is 35.5. The molecule has 1 fully saturated rings. The highest BCUT2D eigenvalue weighted by molar-refractivity contribution is 6.32. The van der Waals surface area contributed by atoms with E-state index in [0.717, 1.165) is 23.2 Å². The van der Waals surface area contributed by atoms with Gasteiger partial charge in [-0.25, -0.2) is 0 Å².